The smallest absolute Gasteiger partial charge is 0.125 e. The molecule has 0 aliphatic heterocycles. The van der Waals surface area contributed by atoms with Crippen molar-refractivity contribution in [1.29, 1.82) is 0 Å². The van der Waals surface area contributed by atoms with Crippen LogP contribution in [0.5, 0.6) is 0 Å². The summed E-state index contributed by atoms with van der Waals surface area (Å²) in [6, 6.07) is 0. The Balaban J connectivity index is 4.11. The normalized spacial score (nSPS) is 13.5. The van der Waals surface area contributed by atoms with E-state index >= 15 is 0 Å². The minimum absolute atomic E-state index is 0.441. The molecule has 0 saturated heterocycles. The predicted octanol–water partition coefficient (Wildman–Crippen LogP) is 2.15. The first kappa shape index (κ1) is 9.34. The third kappa shape index (κ3) is 3.38. The van der Waals surface area contributed by atoms with Crippen LogP contribution in [0.3, 0.4) is 0 Å². The topological polar surface area (TPSA) is 24.7 Å². The monoisotopic (exact) mass is 140 g/mol. The number of hydrogen-bond donors (Lipinski definition) is 0. The van der Waals surface area contributed by atoms with Crippen LogP contribution < -0.4 is 0 Å². The van der Waals surface area contributed by atoms with Gasteiger partial charge in [-0.05, 0) is 13.8 Å². The van der Waals surface area contributed by atoms with E-state index in [4.69, 9.17) is 0 Å². The largest absolute Gasteiger partial charge is 0.271 e. The van der Waals surface area contributed by atoms with E-state index in [0.717, 1.165) is 12.4 Å². The lowest BCUT2D eigenvalue weighted by Gasteiger charge is -2.01. The molecule has 0 heterocycles. The average molecular weight is 140 g/mol. The molecule has 0 aromatic heterocycles. The van der Waals surface area contributed by atoms with E-state index in [9.17, 15) is 0 Å². The Kier molecular flexibility index (Phi) is 4.81. The molecule has 0 radical (unpaired) electrons. The molecule has 0 spiro atoms. The van der Waals surface area contributed by atoms with Crippen molar-refractivity contribution in [3.63, 3.8) is 0 Å². The zero-order valence-electron chi connectivity index (χ0n) is 7.26. The molecule has 0 bridgehead atoms. The fraction of sp³-hybridized carbons (Fsp3) is 0.750. The van der Waals surface area contributed by atoms with E-state index in [-0.39, 0.29) is 0 Å². The number of nitrogens with zero attached hydrogens (tertiary/aromatic N) is 2. The molecule has 0 aromatic rings. The molecule has 58 valence electrons. The van der Waals surface area contributed by atoms with E-state index in [2.05, 4.69) is 23.8 Å². The van der Waals surface area contributed by atoms with Crippen molar-refractivity contribution in [2.24, 2.45) is 15.9 Å². The van der Waals surface area contributed by atoms with Crippen molar-refractivity contribution in [3.05, 3.63) is 0 Å². The summed E-state index contributed by atoms with van der Waals surface area (Å²) < 4.78 is 0. The molecule has 0 atom stereocenters. The Morgan fingerprint density at radius 3 is 2.40 bits per heavy atom. The molecular weight excluding hydrogens is 124 g/mol. The standard InChI is InChI=1S/C8H16N2/c1-5-9-8(7(3)4)10-6-2/h5,7H,6H2,1-4H3. The van der Waals surface area contributed by atoms with E-state index in [1.807, 2.05) is 13.8 Å². The predicted molar refractivity (Wildman–Crippen MR) is 47.0 cm³/mol. The summed E-state index contributed by atoms with van der Waals surface area (Å²) in [6.45, 7) is 8.95. The molecule has 0 unspecified atom stereocenters. The maximum Gasteiger partial charge on any atom is 0.125 e. The fourth-order valence-electron chi connectivity index (χ4n) is 0.667. The summed E-state index contributed by atoms with van der Waals surface area (Å²) in [6.07, 6.45) is 1.79. The molecule has 0 aliphatic carbocycles. The van der Waals surface area contributed by atoms with Crippen LogP contribution >= 0.6 is 0 Å². The van der Waals surface area contributed by atoms with Gasteiger partial charge in [0.15, 0.2) is 0 Å². The number of hydrogen-bond acceptors (Lipinski definition) is 1. The molecule has 0 saturated carbocycles. The summed E-state index contributed by atoms with van der Waals surface area (Å²) in [4.78, 5) is 8.37. The van der Waals surface area contributed by atoms with E-state index in [1.54, 1.807) is 6.21 Å². The number of amidine groups is 1. The zero-order valence-corrected chi connectivity index (χ0v) is 7.26. The van der Waals surface area contributed by atoms with E-state index in [0.29, 0.717) is 5.92 Å². The van der Waals surface area contributed by atoms with Crippen LogP contribution in [0.15, 0.2) is 9.98 Å². The van der Waals surface area contributed by atoms with Gasteiger partial charge >= 0.3 is 0 Å². The van der Waals surface area contributed by atoms with E-state index < -0.39 is 0 Å². The highest BCUT2D eigenvalue weighted by Gasteiger charge is 1.99. The van der Waals surface area contributed by atoms with Gasteiger partial charge < -0.3 is 0 Å². The maximum atomic E-state index is 4.23. The zero-order chi connectivity index (χ0) is 7.98. The Morgan fingerprint density at radius 1 is 1.50 bits per heavy atom. The summed E-state index contributed by atoms with van der Waals surface area (Å²) >= 11 is 0. The van der Waals surface area contributed by atoms with Gasteiger partial charge in [0.2, 0.25) is 0 Å². The van der Waals surface area contributed by atoms with Crippen LogP contribution in [0.2, 0.25) is 0 Å². The fourth-order valence-corrected chi connectivity index (χ4v) is 0.667. The van der Waals surface area contributed by atoms with Crippen molar-refractivity contribution in [3.8, 4) is 0 Å². The third-order valence-electron chi connectivity index (χ3n) is 1.10. The summed E-state index contributed by atoms with van der Waals surface area (Å²) in [5.41, 5.74) is 0. The first-order valence-corrected chi connectivity index (χ1v) is 3.75. The third-order valence-corrected chi connectivity index (χ3v) is 1.10. The Morgan fingerprint density at radius 2 is 2.10 bits per heavy atom. The van der Waals surface area contributed by atoms with Crippen molar-refractivity contribution in [1.82, 2.24) is 0 Å². The molecule has 0 aliphatic rings. The lowest BCUT2D eigenvalue weighted by Crippen LogP contribution is -2.04. The van der Waals surface area contributed by atoms with Gasteiger partial charge in [0.1, 0.15) is 5.84 Å². The van der Waals surface area contributed by atoms with Gasteiger partial charge in [0.25, 0.3) is 0 Å². The van der Waals surface area contributed by atoms with Crippen molar-refractivity contribution in [2.75, 3.05) is 6.54 Å². The van der Waals surface area contributed by atoms with Crippen LogP contribution in [0.4, 0.5) is 0 Å². The SMILES string of the molecule is CC=NC(=NCC)C(C)C. The maximum absolute atomic E-state index is 4.23. The Bertz CT molecular complexity index is 134. The second kappa shape index (κ2) is 5.15. The van der Waals surface area contributed by atoms with Gasteiger partial charge in [-0.25, -0.2) is 4.99 Å². The van der Waals surface area contributed by atoms with Crippen LogP contribution in [0.25, 0.3) is 0 Å². The van der Waals surface area contributed by atoms with Crippen LogP contribution in [-0.2, 0) is 0 Å². The van der Waals surface area contributed by atoms with Crippen LogP contribution in [0.1, 0.15) is 27.7 Å². The highest BCUT2D eigenvalue weighted by molar-refractivity contribution is 5.90. The summed E-state index contributed by atoms with van der Waals surface area (Å²) in [7, 11) is 0. The van der Waals surface area contributed by atoms with E-state index in [1.165, 1.54) is 0 Å². The van der Waals surface area contributed by atoms with Gasteiger partial charge in [0, 0.05) is 18.7 Å². The molecule has 2 heteroatoms. The average Bonchev–Trinajstić information content (AvgIpc) is 1.87. The van der Waals surface area contributed by atoms with Gasteiger partial charge in [-0.3, -0.25) is 4.99 Å². The molecular formula is C8H16N2. The minimum atomic E-state index is 0.441. The Labute approximate surface area is 63.1 Å². The number of aliphatic imine (C=N–C) groups is 2. The minimum Gasteiger partial charge on any atom is -0.271 e. The van der Waals surface area contributed by atoms with Crippen molar-refractivity contribution in [2.45, 2.75) is 27.7 Å². The van der Waals surface area contributed by atoms with Gasteiger partial charge in [-0.1, -0.05) is 13.8 Å². The van der Waals surface area contributed by atoms with Crippen LogP contribution in [-0.4, -0.2) is 18.6 Å². The van der Waals surface area contributed by atoms with Crippen molar-refractivity contribution < 1.29 is 0 Å². The molecule has 0 rings (SSSR count). The highest BCUT2D eigenvalue weighted by atomic mass is 14.9. The molecule has 10 heavy (non-hydrogen) atoms. The van der Waals surface area contributed by atoms with Gasteiger partial charge in [-0.2, -0.15) is 0 Å². The second-order valence-electron chi connectivity index (χ2n) is 2.37. The second-order valence-corrected chi connectivity index (χ2v) is 2.37. The lowest BCUT2D eigenvalue weighted by molar-refractivity contribution is 0.861. The summed E-state index contributed by atoms with van der Waals surface area (Å²) in [5, 5.41) is 0. The first-order chi connectivity index (χ1) is 4.72. The summed E-state index contributed by atoms with van der Waals surface area (Å²) in [5.74, 6) is 1.39. The molecule has 0 aromatic carbocycles. The van der Waals surface area contributed by atoms with Gasteiger partial charge in [0.05, 0.1) is 0 Å². The number of rotatable bonds is 2. The van der Waals surface area contributed by atoms with Crippen LogP contribution in [0, 0.1) is 5.92 Å². The molecule has 0 amide bonds. The van der Waals surface area contributed by atoms with Gasteiger partial charge in [-0.15, -0.1) is 0 Å². The van der Waals surface area contributed by atoms with Crippen molar-refractivity contribution >= 4 is 12.1 Å². The quantitative estimate of drug-likeness (QED) is 0.415. The first-order valence-electron chi connectivity index (χ1n) is 3.75. The molecule has 0 N–H and O–H groups in total. The molecule has 0 fully saturated rings. The highest BCUT2D eigenvalue weighted by Crippen LogP contribution is 1.97. The Hall–Kier alpha value is -0.660. The lowest BCUT2D eigenvalue weighted by atomic mass is 10.2. The molecule has 2 nitrogen and oxygen atoms in total.